The lowest BCUT2D eigenvalue weighted by Gasteiger charge is -2.14. The summed E-state index contributed by atoms with van der Waals surface area (Å²) in [6.45, 7) is 1.91. The highest BCUT2D eigenvalue weighted by Gasteiger charge is 2.22. The van der Waals surface area contributed by atoms with E-state index < -0.39 is 0 Å². The van der Waals surface area contributed by atoms with Crippen LogP contribution in [0.25, 0.3) is 0 Å². The van der Waals surface area contributed by atoms with Crippen molar-refractivity contribution in [3.05, 3.63) is 48.0 Å². The second kappa shape index (κ2) is 7.28. The molecule has 1 fully saturated rings. The maximum absolute atomic E-state index is 11.9. The summed E-state index contributed by atoms with van der Waals surface area (Å²) in [4.78, 5) is 28.8. The number of aromatic nitrogens is 3. The van der Waals surface area contributed by atoms with E-state index in [1.165, 1.54) is 18.1 Å². The van der Waals surface area contributed by atoms with Gasteiger partial charge in [-0.15, -0.1) is 0 Å². The fourth-order valence-corrected chi connectivity index (χ4v) is 3.09. The molecule has 1 aliphatic rings. The Morgan fingerprint density at radius 2 is 2.04 bits per heavy atom. The van der Waals surface area contributed by atoms with Crippen LogP contribution in [0.3, 0.4) is 0 Å². The number of nitrogens with zero attached hydrogens (tertiary/aromatic N) is 4. The van der Waals surface area contributed by atoms with Crippen LogP contribution in [-0.4, -0.2) is 49.7 Å². The number of hydrogen-bond donors (Lipinski definition) is 1. The summed E-state index contributed by atoms with van der Waals surface area (Å²) in [7, 11) is 0. The zero-order valence-electron chi connectivity index (χ0n) is 12.5. The van der Waals surface area contributed by atoms with E-state index in [9.17, 15) is 9.59 Å². The van der Waals surface area contributed by atoms with Crippen molar-refractivity contribution in [2.45, 2.75) is 13.1 Å². The first kappa shape index (κ1) is 15.5. The number of carbonyl (C=O) groups is 2. The Morgan fingerprint density at radius 1 is 1.26 bits per heavy atom. The third kappa shape index (κ3) is 4.32. The third-order valence-corrected chi connectivity index (χ3v) is 4.40. The van der Waals surface area contributed by atoms with Crippen molar-refractivity contribution in [3.63, 3.8) is 0 Å². The summed E-state index contributed by atoms with van der Waals surface area (Å²) in [5, 5.41) is 6.89. The minimum atomic E-state index is -0.132. The first-order valence-electron chi connectivity index (χ1n) is 7.29. The van der Waals surface area contributed by atoms with Crippen molar-refractivity contribution in [1.82, 2.24) is 25.0 Å². The Morgan fingerprint density at radius 3 is 2.70 bits per heavy atom. The predicted octanol–water partition coefficient (Wildman–Crippen LogP) is 1.11. The Kier molecular flexibility index (Phi) is 4.92. The molecular weight excluding hydrogens is 314 g/mol. The lowest BCUT2D eigenvalue weighted by molar-refractivity contribution is -0.121. The van der Waals surface area contributed by atoms with Gasteiger partial charge in [-0.05, 0) is 11.1 Å². The van der Waals surface area contributed by atoms with Crippen LogP contribution in [0.15, 0.2) is 36.9 Å². The quantitative estimate of drug-likeness (QED) is 0.858. The van der Waals surface area contributed by atoms with Gasteiger partial charge in [0.1, 0.15) is 19.2 Å². The molecule has 0 unspecified atom stereocenters. The molecule has 8 heteroatoms. The van der Waals surface area contributed by atoms with Gasteiger partial charge in [0.25, 0.3) is 5.24 Å². The largest absolute Gasteiger partial charge is 0.350 e. The monoisotopic (exact) mass is 331 g/mol. The molecule has 0 spiro atoms. The van der Waals surface area contributed by atoms with Crippen molar-refractivity contribution in [2.75, 3.05) is 18.8 Å². The van der Waals surface area contributed by atoms with Gasteiger partial charge in [0.2, 0.25) is 5.91 Å². The van der Waals surface area contributed by atoms with E-state index in [1.54, 1.807) is 15.9 Å². The minimum absolute atomic E-state index is 0.0161. The molecule has 2 amide bonds. The van der Waals surface area contributed by atoms with Crippen molar-refractivity contribution < 1.29 is 9.59 Å². The molecule has 3 rings (SSSR count). The molecular formula is C15H17N5O2S. The van der Waals surface area contributed by atoms with Crippen LogP contribution in [-0.2, 0) is 17.9 Å². The van der Waals surface area contributed by atoms with E-state index in [1.807, 2.05) is 24.3 Å². The Balaban J connectivity index is 1.46. The number of carbonyl (C=O) groups excluding carboxylic acids is 2. The molecule has 0 saturated carbocycles. The second-order valence-corrected chi connectivity index (χ2v) is 6.27. The van der Waals surface area contributed by atoms with E-state index in [-0.39, 0.29) is 17.7 Å². The molecule has 0 radical (unpaired) electrons. The molecule has 1 aromatic heterocycles. The summed E-state index contributed by atoms with van der Waals surface area (Å²) >= 11 is 1.26. The number of hydrogen-bond acceptors (Lipinski definition) is 5. The van der Waals surface area contributed by atoms with Crippen molar-refractivity contribution >= 4 is 22.9 Å². The SMILES string of the molecule is O=C(CN1CCSC1=O)NCc1ccc(Cn2cncn2)cc1. The lowest BCUT2D eigenvalue weighted by Crippen LogP contribution is -2.36. The summed E-state index contributed by atoms with van der Waals surface area (Å²) in [5.74, 6) is 0.631. The molecule has 0 atom stereocenters. The highest BCUT2D eigenvalue weighted by atomic mass is 32.2. The molecule has 1 aliphatic heterocycles. The maximum atomic E-state index is 11.9. The van der Waals surface area contributed by atoms with Gasteiger partial charge in [-0.25, -0.2) is 9.67 Å². The summed E-state index contributed by atoms with van der Waals surface area (Å²) in [5.41, 5.74) is 2.13. The van der Waals surface area contributed by atoms with Gasteiger partial charge < -0.3 is 10.2 Å². The van der Waals surface area contributed by atoms with E-state index >= 15 is 0 Å². The molecule has 2 aromatic rings. The van der Waals surface area contributed by atoms with Gasteiger partial charge in [0.15, 0.2) is 0 Å². The molecule has 23 heavy (non-hydrogen) atoms. The normalized spacial score (nSPS) is 14.3. The van der Waals surface area contributed by atoms with Crippen LogP contribution in [0.1, 0.15) is 11.1 Å². The van der Waals surface area contributed by atoms with Crippen LogP contribution in [0, 0.1) is 0 Å². The predicted molar refractivity (Wildman–Crippen MR) is 86.8 cm³/mol. The van der Waals surface area contributed by atoms with Crippen molar-refractivity contribution in [2.24, 2.45) is 0 Å². The number of benzene rings is 1. The molecule has 1 N–H and O–H groups in total. The van der Waals surface area contributed by atoms with Gasteiger partial charge in [0.05, 0.1) is 6.54 Å². The Bertz CT molecular complexity index is 672. The standard InChI is InChI=1S/C15H17N5O2S/c21-14(9-19-5-6-23-15(19)22)17-7-12-1-3-13(4-2-12)8-20-11-16-10-18-20/h1-4,10-11H,5-9H2,(H,17,21). The average molecular weight is 331 g/mol. The van der Waals surface area contributed by atoms with Crippen LogP contribution >= 0.6 is 11.8 Å². The number of amides is 2. The highest BCUT2D eigenvalue weighted by Crippen LogP contribution is 2.16. The van der Waals surface area contributed by atoms with Crippen LogP contribution < -0.4 is 5.32 Å². The Hall–Kier alpha value is -2.35. The maximum Gasteiger partial charge on any atom is 0.282 e. The molecule has 2 heterocycles. The van der Waals surface area contributed by atoms with Gasteiger partial charge in [-0.3, -0.25) is 9.59 Å². The minimum Gasteiger partial charge on any atom is -0.350 e. The smallest absolute Gasteiger partial charge is 0.282 e. The topological polar surface area (TPSA) is 80.1 Å². The molecule has 120 valence electrons. The molecule has 0 bridgehead atoms. The molecule has 1 aromatic carbocycles. The van der Waals surface area contributed by atoms with Crippen LogP contribution in [0.4, 0.5) is 4.79 Å². The fraction of sp³-hybridized carbons (Fsp3) is 0.333. The summed E-state index contributed by atoms with van der Waals surface area (Å²) in [6, 6.07) is 7.96. The van der Waals surface area contributed by atoms with E-state index in [2.05, 4.69) is 15.4 Å². The zero-order valence-corrected chi connectivity index (χ0v) is 13.3. The van der Waals surface area contributed by atoms with Gasteiger partial charge >= 0.3 is 0 Å². The van der Waals surface area contributed by atoms with E-state index in [4.69, 9.17) is 0 Å². The molecule has 1 saturated heterocycles. The fourth-order valence-electron chi connectivity index (χ4n) is 2.26. The average Bonchev–Trinajstić information content (AvgIpc) is 3.19. The van der Waals surface area contributed by atoms with Crippen LogP contribution in [0.5, 0.6) is 0 Å². The van der Waals surface area contributed by atoms with Gasteiger partial charge in [-0.2, -0.15) is 5.10 Å². The lowest BCUT2D eigenvalue weighted by atomic mass is 10.1. The third-order valence-electron chi connectivity index (χ3n) is 3.50. The first-order valence-corrected chi connectivity index (χ1v) is 8.28. The number of nitrogens with one attached hydrogen (secondary N) is 1. The van der Waals surface area contributed by atoms with Crippen molar-refractivity contribution in [3.8, 4) is 0 Å². The first-order chi connectivity index (χ1) is 11.2. The molecule has 0 aliphatic carbocycles. The second-order valence-electron chi connectivity index (χ2n) is 5.22. The Labute approximate surface area is 138 Å². The molecule has 7 nitrogen and oxygen atoms in total. The highest BCUT2D eigenvalue weighted by molar-refractivity contribution is 8.13. The number of rotatable bonds is 6. The van der Waals surface area contributed by atoms with Gasteiger partial charge in [-0.1, -0.05) is 36.0 Å². The van der Waals surface area contributed by atoms with Gasteiger partial charge in [0, 0.05) is 18.8 Å². The van der Waals surface area contributed by atoms with E-state index in [0.717, 1.165) is 16.9 Å². The van der Waals surface area contributed by atoms with E-state index in [0.29, 0.717) is 19.6 Å². The van der Waals surface area contributed by atoms with Crippen LogP contribution in [0.2, 0.25) is 0 Å². The van der Waals surface area contributed by atoms with Crippen molar-refractivity contribution in [1.29, 1.82) is 0 Å². The summed E-state index contributed by atoms with van der Waals surface area (Å²) in [6.07, 6.45) is 3.18. The summed E-state index contributed by atoms with van der Waals surface area (Å²) < 4.78 is 1.75. The number of thioether (sulfide) groups is 1. The zero-order chi connectivity index (χ0) is 16.1.